The second-order valence-corrected chi connectivity index (χ2v) is 14.2. The second-order valence-electron chi connectivity index (χ2n) is 14.2. The third kappa shape index (κ3) is 4.49. The smallest absolute Gasteiger partial charge is 0.233 e. The van der Waals surface area contributed by atoms with E-state index in [0.29, 0.717) is 24.3 Å². The van der Waals surface area contributed by atoms with Crippen LogP contribution in [0.5, 0.6) is 0 Å². The van der Waals surface area contributed by atoms with Crippen LogP contribution in [0.4, 0.5) is 0 Å². The Kier molecular flexibility index (Phi) is 7.37. The minimum absolute atomic E-state index is 0.0648. The summed E-state index contributed by atoms with van der Waals surface area (Å²) in [6.07, 6.45) is 8.75. The van der Waals surface area contributed by atoms with E-state index in [1.165, 1.54) is 42.0 Å². The lowest BCUT2D eigenvalue weighted by Crippen LogP contribution is -2.41. The standard InChI is InChI=1S/C37H46N2O3/c1-4-28(23(3)40)33-22(2)31-19-32(33)35-34(31)36(41)39(37(35)42)21-27-12-7-11-26(27)20-38-17-15-25(16-18-38)30-14-8-10-24-9-5-6-13-29(24)30/h4-6,8-10,13-14,22,25-27,31-35H,7,11-12,15-21H2,1-3H3/b28-4-/t22?,26-,27-,31?,32?,33?,34?,35?/m1/s1. The van der Waals surface area contributed by atoms with Gasteiger partial charge in [-0.15, -0.1) is 0 Å². The molecule has 6 unspecified atom stereocenters. The summed E-state index contributed by atoms with van der Waals surface area (Å²) >= 11 is 0. The van der Waals surface area contributed by atoms with E-state index in [4.69, 9.17) is 0 Å². The number of rotatable bonds is 7. The van der Waals surface area contributed by atoms with Crippen LogP contribution in [-0.4, -0.2) is 53.6 Å². The van der Waals surface area contributed by atoms with Crippen LogP contribution in [0.2, 0.25) is 0 Å². The van der Waals surface area contributed by atoms with Gasteiger partial charge in [-0.2, -0.15) is 0 Å². The fourth-order valence-electron chi connectivity index (χ4n) is 10.4. The van der Waals surface area contributed by atoms with Crippen molar-refractivity contribution in [1.82, 2.24) is 9.80 Å². The Hall–Kier alpha value is -2.79. The topological polar surface area (TPSA) is 57.7 Å². The summed E-state index contributed by atoms with van der Waals surface area (Å²) in [4.78, 5) is 44.4. The number of amides is 2. The molecule has 5 fully saturated rings. The maximum absolute atomic E-state index is 13.9. The molecular formula is C37H46N2O3. The van der Waals surface area contributed by atoms with Crippen molar-refractivity contribution in [3.05, 3.63) is 59.7 Å². The van der Waals surface area contributed by atoms with E-state index < -0.39 is 0 Å². The molecule has 2 aliphatic heterocycles. The maximum atomic E-state index is 13.9. The number of piperidine rings is 1. The van der Waals surface area contributed by atoms with Crippen LogP contribution in [0.3, 0.4) is 0 Å². The van der Waals surface area contributed by atoms with Crippen molar-refractivity contribution in [2.45, 2.75) is 65.2 Å². The molecule has 5 heteroatoms. The van der Waals surface area contributed by atoms with Gasteiger partial charge in [0.05, 0.1) is 11.8 Å². The molecule has 0 aromatic heterocycles. The minimum atomic E-state index is -0.217. The Morgan fingerprint density at radius 3 is 2.26 bits per heavy atom. The van der Waals surface area contributed by atoms with E-state index in [9.17, 15) is 14.4 Å². The zero-order valence-electron chi connectivity index (χ0n) is 25.5. The zero-order chi connectivity index (χ0) is 29.1. The minimum Gasteiger partial charge on any atom is -0.303 e. The van der Waals surface area contributed by atoms with Gasteiger partial charge in [-0.1, -0.05) is 61.9 Å². The summed E-state index contributed by atoms with van der Waals surface area (Å²) in [7, 11) is 0. The Balaban J connectivity index is 0.990. The van der Waals surface area contributed by atoms with E-state index in [-0.39, 0.29) is 53.1 Å². The van der Waals surface area contributed by atoms with Crippen LogP contribution in [0.25, 0.3) is 10.8 Å². The van der Waals surface area contributed by atoms with Gasteiger partial charge in [0, 0.05) is 13.1 Å². The Bertz CT molecular complexity index is 1420. The first-order valence-corrected chi connectivity index (χ1v) is 16.6. The zero-order valence-corrected chi connectivity index (χ0v) is 25.5. The van der Waals surface area contributed by atoms with Gasteiger partial charge in [0.15, 0.2) is 5.78 Å². The molecule has 2 aromatic rings. The number of nitrogens with zero attached hydrogens (tertiary/aromatic N) is 2. The van der Waals surface area contributed by atoms with Crippen LogP contribution >= 0.6 is 0 Å². The van der Waals surface area contributed by atoms with Gasteiger partial charge >= 0.3 is 0 Å². The molecule has 222 valence electrons. The fourth-order valence-corrected chi connectivity index (χ4v) is 10.4. The number of carbonyl (C=O) groups is 3. The van der Waals surface area contributed by atoms with E-state index >= 15 is 0 Å². The van der Waals surface area contributed by atoms with Gasteiger partial charge in [0.25, 0.3) is 0 Å². The molecule has 2 aromatic carbocycles. The summed E-state index contributed by atoms with van der Waals surface area (Å²) in [6.45, 7) is 9.71. The molecule has 5 nitrogen and oxygen atoms in total. The number of allylic oxidation sites excluding steroid dienone is 2. The van der Waals surface area contributed by atoms with Crippen molar-refractivity contribution < 1.29 is 14.4 Å². The first-order chi connectivity index (χ1) is 20.4. The number of hydrogen-bond acceptors (Lipinski definition) is 4. The van der Waals surface area contributed by atoms with Crippen LogP contribution in [0.15, 0.2) is 54.1 Å². The molecule has 0 radical (unpaired) electrons. The van der Waals surface area contributed by atoms with Gasteiger partial charge in [0.1, 0.15) is 0 Å². The van der Waals surface area contributed by atoms with Gasteiger partial charge in [-0.3, -0.25) is 19.3 Å². The summed E-state index contributed by atoms with van der Waals surface area (Å²) in [5, 5.41) is 2.73. The number of likely N-dealkylation sites (tertiary alicyclic amines) is 2. The SMILES string of the molecule is C/C=C(/C(C)=O)C1C(C)C2CC1C1C(=O)N(C[C@H]3CCC[C@@H]3CN3CCC(c4cccc5ccccc45)CC3)C(=O)C21. The first kappa shape index (κ1) is 28.0. The molecule has 0 spiro atoms. The molecule has 8 atom stereocenters. The predicted molar refractivity (Wildman–Crippen MR) is 166 cm³/mol. The lowest BCUT2D eigenvalue weighted by Gasteiger charge is -2.36. The van der Waals surface area contributed by atoms with E-state index in [2.05, 4.69) is 54.3 Å². The third-order valence-electron chi connectivity index (χ3n) is 12.3. The molecule has 42 heavy (non-hydrogen) atoms. The lowest BCUT2D eigenvalue weighted by atomic mass is 9.67. The van der Waals surface area contributed by atoms with Crippen molar-refractivity contribution >= 4 is 28.4 Å². The van der Waals surface area contributed by atoms with Gasteiger partial charge < -0.3 is 4.90 Å². The molecule has 2 amide bonds. The first-order valence-electron chi connectivity index (χ1n) is 16.6. The molecule has 3 saturated carbocycles. The van der Waals surface area contributed by atoms with Crippen LogP contribution in [0.1, 0.15) is 70.8 Å². The number of carbonyl (C=O) groups excluding carboxylic acids is 3. The number of hydrogen-bond donors (Lipinski definition) is 0. The third-order valence-corrected chi connectivity index (χ3v) is 12.3. The number of fused-ring (bicyclic) bond motifs is 6. The van der Waals surface area contributed by atoms with Gasteiger partial charge in [-0.05, 0) is 122 Å². The summed E-state index contributed by atoms with van der Waals surface area (Å²) in [5.41, 5.74) is 2.37. The molecule has 7 rings (SSSR count). The van der Waals surface area contributed by atoms with Crippen LogP contribution in [-0.2, 0) is 14.4 Å². The molecule has 2 bridgehead atoms. The number of benzene rings is 2. The van der Waals surface area contributed by atoms with Crippen LogP contribution < -0.4 is 0 Å². The molecule has 2 heterocycles. The van der Waals surface area contributed by atoms with Gasteiger partial charge in [0.2, 0.25) is 11.8 Å². The fraction of sp³-hybridized carbons (Fsp3) is 0.595. The largest absolute Gasteiger partial charge is 0.303 e. The van der Waals surface area contributed by atoms with E-state index in [1.807, 2.05) is 13.0 Å². The normalized spacial score (nSPS) is 35.5. The highest BCUT2D eigenvalue weighted by Gasteiger charge is 2.66. The summed E-state index contributed by atoms with van der Waals surface area (Å²) in [6, 6.07) is 15.5. The Morgan fingerprint density at radius 2 is 1.55 bits per heavy atom. The average molecular weight is 567 g/mol. The second kappa shape index (κ2) is 11.0. The monoisotopic (exact) mass is 566 g/mol. The van der Waals surface area contributed by atoms with Crippen molar-refractivity contribution in [1.29, 1.82) is 0 Å². The average Bonchev–Trinajstić information content (AvgIpc) is 3.74. The Labute approximate surface area is 250 Å². The van der Waals surface area contributed by atoms with E-state index in [0.717, 1.165) is 38.0 Å². The maximum Gasteiger partial charge on any atom is 0.233 e. The quantitative estimate of drug-likeness (QED) is 0.285. The lowest BCUT2D eigenvalue weighted by molar-refractivity contribution is -0.141. The van der Waals surface area contributed by atoms with Crippen molar-refractivity contribution in [2.24, 2.45) is 47.3 Å². The molecular weight excluding hydrogens is 520 g/mol. The highest BCUT2D eigenvalue weighted by molar-refractivity contribution is 6.06. The highest BCUT2D eigenvalue weighted by Crippen LogP contribution is 2.63. The molecule has 0 N–H and O–H groups in total. The molecule has 3 aliphatic carbocycles. The van der Waals surface area contributed by atoms with Crippen molar-refractivity contribution in [2.75, 3.05) is 26.2 Å². The molecule has 5 aliphatic rings. The highest BCUT2D eigenvalue weighted by atomic mass is 16.2. The van der Waals surface area contributed by atoms with Gasteiger partial charge in [-0.25, -0.2) is 0 Å². The number of ketones is 1. The van der Waals surface area contributed by atoms with Crippen LogP contribution in [0, 0.1) is 47.3 Å². The summed E-state index contributed by atoms with van der Waals surface area (Å²) in [5.74, 6) is 2.21. The van der Waals surface area contributed by atoms with Crippen molar-refractivity contribution in [3.8, 4) is 0 Å². The predicted octanol–water partition coefficient (Wildman–Crippen LogP) is 6.47. The van der Waals surface area contributed by atoms with E-state index in [1.54, 1.807) is 11.8 Å². The molecule has 2 saturated heterocycles. The Morgan fingerprint density at radius 1 is 0.881 bits per heavy atom. The number of Topliss-reactive ketones (excluding diaryl/α,β-unsaturated/α-hetero) is 1. The van der Waals surface area contributed by atoms with Crippen molar-refractivity contribution in [3.63, 3.8) is 0 Å². The number of imide groups is 1. The summed E-state index contributed by atoms with van der Waals surface area (Å²) < 4.78 is 0.